The SMILES string of the molecule is CCOCCCNCC(C)SC. The average Bonchev–Trinajstić information content (AvgIpc) is 2.10. The highest BCUT2D eigenvalue weighted by molar-refractivity contribution is 7.99. The van der Waals surface area contributed by atoms with E-state index >= 15 is 0 Å². The molecule has 1 atom stereocenters. The zero-order valence-electron chi connectivity index (χ0n) is 8.43. The summed E-state index contributed by atoms with van der Waals surface area (Å²) in [6.45, 7) is 8.17. The highest BCUT2D eigenvalue weighted by Gasteiger charge is 1.96. The Hall–Kier alpha value is 0.270. The maximum atomic E-state index is 5.22. The fraction of sp³-hybridized carbons (Fsp3) is 1.00. The Kier molecular flexibility index (Phi) is 9.57. The number of rotatable bonds is 8. The standard InChI is InChI=1S/C9H21NOS/c1-4-11-7-5-6-10-8-9(2)12-3/h9-10H,4-8H2,1-3H3. The first kappa shape index (κ1) is 12.3. The van der Waals surface area contributed by atoms with Gasteiger partial charge in [0.1, 0.15) is 0 Å². The van der Waals surface area contributed by atoms with E-state index in [9.17, 15) is 0 Å². The summed E-state index contributed by atoms with van der Waals surface area (Å²) in [4.78, 5) is 0. The molecule has 0 bridgehead atoms. The average molecular weight is 191 g/mol. The fourth-order valence-electron chi connectivity index (χ4n) is 0.832. The normalized spacial score (nSPS) is 13.2. The lowest BCUT2D eigenvalue weighted by atomic mass is 10.4. The maximum absolute atomic E-state index is 5.22. The molecular formula is C9H21NOS. The van der Waals surface area contributed by atoms with E-state index in [2.05, 4.69) is 18.5 Å². The molecule has 0 aliphatic heterocycles. The van der Waals surface area contributed by atoms with Gasteiger partial charge in [-0.2, -0.15) is 11.8 Å². The third-order valence-corrected chi connectivity index (χ3v) is 2.65. The number of nitrogens with one attached hydrogen (secondary N) is 1. The molecule has 0 aliphatic carbocycles. The molecular weight excluding hydrogens is 170 g/mol. The summed E-state index contributed by atoms with van der Waals surface area (Å²) in [5.74, 6) is 0. The highest BCUT2D eigenvalue weighted by Crippen LogP contribution is 2.01. The van der Waals surface area contributed by atoms with Crippen molar-refractivity contribution in [1.29, 1.82) is 0 Å². The van der Waals surface area contributed by atoms with Gasteiger partial charge in [-0.3, -0.25) is 0 Å². The van der Waals surface area contributed by atoms with E-state index in [0.29, 0.717) is 0 Å². The van der Waals surface area contributed by atoms with Crippen LogP contribution in [-0.2, 0) is 4.74 Å². The second kappa shape index (κ2) is 9.36. The highest BCUT2D eigenvalue weighted by atomic mass is 32.2. The van der Waals surface area contributed by atoms with Crippen molar-refractivity contribution in [1.82, 2.24) is 5.32 Å². The van der Waals surface area contributed by atoms with Crippen molar-refractivity contribution in [2.75, 3.05) is 32.6 Å². The van der Waals surface area contributed by atoms with Crippen molar-refractivity contribution < 1.29 is 4.74 Å². The Bertz CT molecular complexity index is 90.6. The molecule has 0 amide bonds. The molecule has 2 nitrogen and oxygen atoms in total. The summed E-state index contributed by atoms with van der Waals surface area (Å²) in [5.41, 5.74) is 0. The van der Waals surface area contributed by atoms with E-state index in [-0.39, 0.29) is 0 Å². The molecule has 0 rings (SSSR count). The molecule has 0 heterocycles. The summed E-state index contributed by atoms with van der Waals surface area (Å²) in [7, 11) is 0. The van der Waals surface area contributed by atoms with Crippen LogP contribution in [0.4, 0.5) is 0 Å². The minimum absolute atomic E-state index is 0.720. The second-order valence-corrected chi connectivity index (χ2v) is 4.08. The molecule has 0 aliphatic rings. The van der Waals surface area contributed by atoms with E-state index < -0.39 is 0 Å². The fourth-order valence-corrected chi connectivity index (χ4v) is 1.12. The van der Waals surface area contributed by atoms with E-state index in [1.165, 1.54) is 0 Å². The Morgan fingerprint density at radius 3 is 2.83 bits per heavy atom. The molecule has 0 saturated carbocycles. The van der Waals surface area contributed by atoms with Crippen LogP contribution < -0.4 is 5.32 Å². The minimum Gasteiger partial charge on any atom is -0.382 e. The lowest BCUT2D eigenvalue weighted by Gasteiger charge is -2.09. The van der Waals surface area contributed by atoms with Crippen LogP contribution in [0.2, 0.25) is 0 Å². The van der Waals surface area contributed by atoms with E-state index in [1.54, 1.807) is 0 Å². The van der Waals surface area contributed by atoms with Crippen LogP contribution in [0.1, 0.15) is 20.3 Å². The molecule has 0 aromatic heterocycles. The third kappa shape index (κ3) is 8.37. The van der Waals surface area contributed by atoms with E-state index in [4.69, 9.17) is 4.74 Å². The summed E-state index contributed by atoms with van der Waals surface area (Å²) >= 11 is 1.90. The molecule has 1 unspecified atom stereocenters. The van der Waals surface area contributed by atoms with Gasteiger partial charge in [0, 0.05) is 25.0 Å². The summed E-state index contributed by atoms with van der Waals surface area (Å²) < 4.78 is 5.22. The number of ether oxygens (including phenoxy) is 1. The van der Waals surface area contributed by atoms with Crippen molar-refractivity contribution in [3.63, 3.8) is 0 Å². The van der Waals surface area contributed by atoms with Crippen LogP contribution in [0.25, 0.3) is 0 Å². The lowest BCUT2D eigenvalue weighted by Crippen LogP contribution is -2.24. The van der Waals surface area contributed by atoms with Gasteiger partial charge in [0.2, 0.25) is 0 Å². The van der Waals surface area contributed by atoms with Crippen LogP contribution in [-0.4, -0.2) is 37.8 Å². The number of thioether (sulfide) groups is 1. The molecule has 12 heavy (non-hydrogen) atoms. The first-order valence-electron chi connectivity index (χ1n) is 4.62. The van der Waals surface area contributed by atoms with Gasteiger partial charge in [0.25, 0.3) is 0 Å². The van der Waals surface area contributed by atoms with Crippen LogP contribution in [0.15, 0.2) is 0 Å². The van der Waals surface area contributed by atoms with E-state index in [1.807, 2.05) is 18.7 Å². The Morgan fingerprint density at radius 1 is 1.50 bits per heavy atom. The monoisotopic (exact) mass is 191 g/mol. The third-order valence-electron chi connectivity index (χ3n) is 1.68. The second-order valence-electron chi connectivity index (χ2n) is 2.80. The van der Waals surface area contributed by atoms with Crippen LogP contribution >= 0.6 is 11.8 Å². The number of hydrogen-bond acceptors (Lipinski definition) is 3. The Labute approximate surface area is 80.4 Å². The Morgan fingerprint density at radius 2 is 2.25 bits per heavy atom. The number of hydrogen-bond donors (Lipinski definition) is 1. The van der Waals surface area contributed by atoms with Gasteiger partial charge < -0.3 is 10.1 Å². The van der Waals surface area contributed by atoms with Gasteiger partial charge in [0.05, 0.1) is 0 Å². The van der Waals surface area contributed by atoms with Crippen molar-refractivity contribution in [3.05, 3.63) is 0 Å². The first-order valence-corrected chi connectivity index (χ1v) is 5.91. The van der Waals surface area contributed by atoms with Crippen LogP contribution in [0.3, 0.4) is 0 Å². The quantitative estimate of drug-likeness (QED) is 0.591. The predicted molar refractivity (Wildman–Crippen MR) is 57.0 cm³/mol. The van der Waals surface area contributed by atoms with Crippen molar-refractivity contribution in [2.45, 2.75) is 25.5 Å². The lowest BCUT2D eigenvalue weighted by molar-refractivity contribution is 0.145. The molecule has 1 N–H and O–H groups in total. The van der Waals surface area contributed by atoms with Gasteiger partial charge in [-0.1, -0.05) is 6.92 Å². The molecule has 3 heteroatoms. The largest absolute Gasteiger partial charge is 0.382 e. The molecule has 0 radical (unpaired) electrons. The molecule has 0 aromatic rings. The van der Waals surface area contributed by atoms with Gasteiger partial charge in [0.15, 0.2) is 0 Å². The van der Waals surface area contributed by atoms with Crippen LogP contribution in [0, 0.1) is 0 Å². The Balaban J connectivity index is 2.90. The zero-order valence-corrected chi connectivity index (χ0v) is 9.25. The van der Waals surface area contributed by atoms with Crippen molar-refractivity contribution >= 4 is 11.8 Å². The molecule has 74 valence electrons. The summed E-state index contributed by atoms with van der Waals surface area (Å²) in [5, 5.41) is 4.11. The smallest absolute Gasteiger partial charge is 0.0477 e. The van der Waals surface area contributed by atoms with Crippen LogP contribution in [0.5, 0.6) is 0 Å². The van der Waals surface area contributed by atoms with Gasteiger partial charge >= 0.3 is 0 Å². The summed E-state index contributed by atoms with van der Waals surface area (Å²) in [6.07, 6.45) is 3.27. The topological polar surface area (TPSA) is 21.3 Å². The van der Waals surface area contributed by atoms with Gasteiger partial charge in [-0.25, -0.2) is 0 Å². The van der Waals surface area contributed by atoms with E-state index in [0.717, 1.165) is 38.0 Å². The first-order chi connectivity index (χ1) is 5.81. The van der Waals surface area contributed by atoms with Crippen molar-refractivity contribution in [3.8, 4) is 0 Å². The summed E-state index contributed by atoms with van der Waals surface area (Å²) in [6, 6.07) is 0. The molecule has 0 fully saturated rings. The van der Waals surface area contributed by atoms with Gasteiger partial charge in [-0.05, 0) is 26.1 Å². The maximum Gasteiger partial charge on any atom is 0.0477 e. The molecule has 0 spiro atoms. The van der Waals surface area contributed by atoms with Gasteiger partial charge in [-0.15, -0.1) is 0 Å². The zero-order chi connectivity index (χ0) is 9.23. The molecule has 0 aromatic carbocycles. The van der Waals surface area contributed by atoms with Crippen molar-refractivity contribution in [2.24, 2.45) is 0 Å². The predicted octanol–water partition coefficient (Wildman–Crippen LogP) is 1.75. The minimum atomic E-state index is 0.720. The molecule has 0 saturated heterocycles.